The van der Waals surface area contributed by atoms with Crippen LogP contribution in [-0.4, -0.2) is 96.7 Å². The summed E-state index contributed by atoms with van der Waals surface area (Å²) in [5, 5.41) is 10.5. The molecule has 0 aliphatic heterocycles. The summed E-state index contributed by atoms with van der Waals surface area (Å²) in [6, 6.07) is 0. The maximum Gasteiger partial charge on any atom is 0.472 e. The van der Waals surface area contributed by atoms with Gasteiger partial charge in [-0.1, -0.05) is 267 Å². The lowest BCUT2D eigenvalue weighted by molar-refractivity contribution is -0.161. The van der Waals surface area contributed by atoms with Crippen LogP contribution in [0, 0.1) is 17.8 Å². The second-order valence-corrected chi connectivity index (χ2v) is 27.4. The zero-order valence-corrected chi connectivity index (χ0v) is 56.1. The molecule has 0 aromatic heterocycles. The van der Waals surface area contributed by atoms with Crippen molar-refractivity contribution in [2.24, 2.45) is 17.8 Å². The first-order valence-corrected chi connectivity index (χ1v) is 36.9. The van der Waals surface area contributed by atoms with Gasteiger partial charge in [0.25, 0.3) is 0 Å². The minimum Gasteiger partial charge on any atom is -0.462 e. The Morgan fingerprint density at radius 3 is 0.905 bits per heavy atom. The van der Waals surface area contributed by atoms with E-state index in [0.717, 1.165) is 108 Å². The molecule has 0 saturated heterocycles. The van der Waals surface area contributed by atoms with Gasteiger partial charge < -0.3 is 33.8 Å². The molecule has 0 fully saturated rings. The number of carbonyl (C=O) groups excluding carboxylic acids is 4. The monoisotopic (exact) mass is 1240 g/mol. The molecule has 0 aromatic rings. The predicted octanol–water partition coefficient (Wildman–Crippen LogP) is 17.9. The van der Waals surface area contributed by atoms with Gasteiger partial charge in [0.2, 0.25) is 0 Å². The Kier molecular flexibility index (Phi) is 55.0. The van der Waals surface area contributed by atoms with Gasteiger partial charge in [-0.3, -0.25) is 37.3 Å². The van der Waals surface area contributed by atoms with Crippen molar-refractivity contribution in [3.63, 3.8) is 0 Å². The first-order chi connectivity index (χ1) is 40.3. The molecule has 84 heavy (non-hydrogen) atoms. The minimum atomic E-state index is -4.95. The number of carbonyl (C=O) groups is 4. The molecule has 0 amide bonds. The summed E-state index contributed by atoms with van der Waals surface area (Å²) in [4.78, 5) is 72.2. The summed E-state index contributed by atoms with van der Waals surface area (Å²) in [5.74, 6) is 0.0649. The zero-order valence-electron chi connectivity index (χ0n) is 54.4. The van der Waals surface area contributed by atoms with E-state index in [0.29, 0.717) is 31.6 Å². The van der Waals surface area contributed by atoms with Crippen LogP contribution in [0.1, 0.15) is 318 Å². The Labute approximate surface area is 511 Å². The molecule has 0 rings (SSSR count). The lowest BCUT2D eigenvalue weighted by Crippen LogP contribution is -2.30. The van der Waals surface area contributed by atoms with E-state index in [-0.39, 0.29) is 25.7 Å². The van der Waals surface area contributed by atoms with E-state index in [1.807, 2.05) is 0 Å². The summed E-state index contributed by atoms with van der Waals surface area (Å²) < 4.78 is 68.0. The highest BCUT2D eigenvalue weighted by Crippen LogP contribution is 2.45. The standard InChI is InChI=1S/C65H126O17P2/c1-8-11-12-13-14-15-16-20-23-32-39-46-62(67)75-52-60(81-64(69)48-41-34-24-21-18-17-19-22-30-37-44-57(6)9-2)54-79-83(71,72)77-50-59(66)51-78-84(73,74)80-55-61(53-76-63(68)47-40-33-27-25-29-36-43-56(4)5)82-65(70)49-42-35-28-26-31-38-45-58(7)10-3/h56-61,66H,8-55H2,1-7H3,(H,71,72)(H,73,74)/t57?,58?,59-,60-,61-/m1/s1. The van der Waals surface area contributed by atoms with Crippen LogP contribution in [-0.2, 0) is 65.4 Å². The first-order valence-electron chi connectivity index (χ1n) is 33.9. The molecule has 0 aliphatic carbocycles. The summed E-state index contributed by atoms with van der Waals surface area (Å²) in [5.41, 5.74) is 0. The average molecular weight is 1240 g/mol. The topological polar surface area (TPSA) is 237 Å². The SMILES string of the molecule is CCCCCCCCCCCCCC(=O)OC[C@H](COP(=O)(O)OC[C@@H](O)COP(=O)(O)OC[C@@H](COC(=O)CCCCCCCCC(C)C)OC(=O)CCCCCCCCC(C)CC)OC(=O)CCCCCCCCCCCCC(C)CC. The smallest absolute Gasteiger partial charge is 0.462 e. The van der Waals surface area contributed by atoms with E-state index < -0.39 is 97.5 Å². The number of phosphoric acid groups is 2. The largest absolute Gasteiger partial charge is 0.472 e. The molecular formula is C65H126O17P2. The molecule has 0 aromatic carbocycles. The van der Waals surface area contributed by atoms with Crippen molar-refractivity contribution in [1.82, 2.24) is 0 Å². The molecule has 4 unspecified atom stereocenters. The van der Waals surface area contributed by atoms with Crippen molar-refractivity contribution >= 4 is 39.5 Å². The highest BCUT2D eigenvalue weighted by Gasteiger charge is 2.30. The van der Waals surface area contributed by atoms with Gasteiger partial charge in [-0.2, -0.15) is 0 Å². The van der Waals surface area contributed by atoms with Crippen LogP contribution < -0.4 is 0 Å². The van der Waals surface area contributed by atoms with Crippen LogP contribution in [0.2, 0.25) is 0 Å². The fourth-order valence-corrected chi connectivity index (χ4v) is 11.2. The molecule has 0 bridgehead atoms. The second kappa shape index (κ2) is 56.3. The summed E-state index contributed by atoms with van der Waals surface area (Å²) in [6.45, 7) is 11.7. The van der Waals surface area contributed by atoms with Crippen LogP contribution in [0.3, 0.4) is 0 Å². The van der Waals surface area contributed by atoms with Crippen molar-refractivity contribution < 1.29 is 80.2 Å². The second-order valence-electron chi connectivity index (χ2n) is 24.5. The molecule has 0 spiro atoms. The maximum atomic E-state index is 13.0. The van der Waals surface area contributed by atoms with E-state index in [1.165, 1.54) is 122 Å². The molecule has 19 heteroatoms. The number of rotatable bonds is 63. The average Bonchev–Trinajstić information content (AvgIpc) is 3.47. The summed E-state index contributed by atoms with van der Waals surface area (Å²) in [7, 11) is -9.89. The van der Waals surface area contributed by atoms with E-state index in [2.05, 4.69) is 48.5 Å². The van der Waals surface area contributed by atoms with Crippen molar-refractivity contribution in [1.29, 1.82) is 0 Å². The van der Waals surface area contributed by atoms with Crippen molar-refractivity contribution in [3.8, 4) is 0 Å². The summed E-state index contributed by atoms with van der Waals surface area (Å²) >= 11 is 0. The molecule has 498 valence electrons. The summed E-state index contributed by atoms with van der Waals surface area (Å²) in [6.07, 6.45) is 37.6. The number of esters is 4. The third-order valence-corrected chi connectivity index (χ3v) is 17.5. The number of aliphatic hydroxyl groups is 1. The molecule has 0 radical (unpaired) electrons. The number of unbranched alkanes of at least 4 members (excludes halogenated alkanes) is 29. The molecular weight excluding hydrogens is 1110 g/mol. The van der Waals surface area contributed by atoms with Gasteiger partial charge in [-0.05, 0) is 43.4 Å². The number of hydrogen-bond donors (Lipinski definition) is 3. The van der Waals surface area contributed by atoms with Gasteiger partial charge in [0.1, 0.15) is 19.3 Å². The predicted molar refractivity (Wildman–Crippen MR) is 335 cm³/mol. The van der Waals surface area contributed by atoms with Gasteiger partial charge in [-0.25, -0.2) is 9.13 Å². The van der Waals surface area contributed by atoms with Crippen molar-refractivity contribution in [2.75, 3.05) is 39.6 Å². The molecule has 7 atom stereocenters. The van der Waals surface area contributed by atoms with Crippen LogP contribution in [0.4, 0.5) is 0 Å². The molecule has 0 heterocycles. The highest BCUT2D eigenvalue weighted by atomic mass is 31.2. The van der Waals surface area contributed by atoms with Gasteiger partial charge in [0.05, 0.1) is 26.4 Å². The Morgan fingerprint density at radius 1 is 0.345 bits per heavy atom. The van der Waals surface area contributed by atoms with E-state index in [9.17, 15) is 43.2 Å². The van der Waals surface area contributed by atoms with Crippen LogP contribution >= 0.6 is 15.6 Å². The van der Waals surface area contributed by atoms with E-state index >= 15 is 0 Å². The molecule has 17 nitrogen and oxygen atoms in total. The minimum absolute atomic E-state index is 0.102. The van der Waals surface area contributed by atoms with Crippen molar-refractivity contribution in [3.05, 3.63) is 0 Å². The fourth-order valence-electron chi connectivity index (χ4n) is 9.59. The van der Waals surface area contributed by atoms with Gasteiger partial charge in [0.15, 0.2) is 12.2 Å². The third-order valence-electron chi connectivity index (χ3n) is 15.6. The van der Waals surface area contributed by atoms with E-state index in [1.54, 1.807) is 0 Å². The highest BCUT2D eigenvalue weighted by molar-refractivity contribution is 7.47. The first kappa shape index (κ1) is 82.1. The third kappa shape index (κ3) is 56.6. The number of phosphoric ester groups is 2. The molecule has 0 aliphatic rings. The van der Waals surface area contributed by atoms with Crippen LogP contribution in [0.5, 0.6) is 0 Å². The van der Waals surface area contributed by atoms with E-state index in [4.69, 9.17) is 37.0 Å². The van der Waals surface area contributed by atoms with Crippen LogP contribution in [0.15, 0.2) is 0 Å². The normalized spacial score (nSPS) is 15.0. The van der Waals surface area contributed by atoms with Gasteiger partial charge in [0, 0.05) is 25.7 Å². The number of ether oxygens (including phenoxy) is 4. The molecule has 0 saturated carbocycles. The molecule has 3 N–H and O–H groups in total. The number of aliphatic hydroxyl groups excluding tert-OH is 1. The van der Waals surface area contributed by atoms with Crippen molar-refractivity contribution in [2.45, 2.75) is 336 Å². The Balaban J connectivity index is 5.25. The Bertz CT molecular complexity index is 1670. The lowest BCUT2D eigenvalue weighted by atomic mass is 9.99. The van der Waals surface area contributed by atoms with Gasteiger partial charge in [-0.15, -0.1) is 0 Å². The Morgan fingerprint density at radius 2 is 0.607 bits per heavy atom. The fraction of sp³-hybridized carbons (Fsp3) is 0.938. The lowest BCUT2D eigenvalue weighted by Gasteiger charge is -2.21. The quantitative estimate of drug-likeness (QED) is 0.0222. The Hall–Kier alpha value is -1.94. The van der Waals surface area contributed by atoms with Gasteiger partial charge >= 0.3 is 39.5 Å². The number of hydrogen-bond acceptors (Lipinski definition) is 15. The maximum absolute atomic E-state index is 13.0. The zero-order chi connectivity index (χ0) is 62.4. The van der Waals surface area contributed by atoms with Crippen LogP contribution in [0.25, 0.3) is 0 Å².